The summed E-state index contributed by atoms with van der Waals surface area (Å²) in [6, 6.07) is 13.9. The van der Waals surface area contributed by atoms with E-state index in [2.05, 4.69) is 22.9 Å². The summed E-state index contributed by atoms with van der Waals surface area (Å²) in [5, 5.41) is 8.04. The first kappa shape index (κ1) is 23.9. The Labute approximate surface area is 182 Å². The second-order valence-electron chi connectivity index (χ2n) is 6.87. The second-order valence-corrected chi connectivity index (χ2v) is 6.87. The molecule has 0 aliphatic carbocycles. The van der Waals surface area contributed by atoms with Gasteiger partial charge in [0.15, 0.2) is 0 Å². The van der Waals surface area contributed by atoms with Crippen molar-refractivity contribution in [2.45, 2.75) is 26.3 Å². The largest absolute Gasteiger partial charge is 0.494 e. The Kier molecular flexibility index (Phi) is 10.0. The van der Waals surface area contributed by atoms with Gasteiger partial charge in [-0.25, -0.2) is 0 Å². The molecule has 3 N–H and O–H groups in total. The lowest BCUT2D eigenvalue weighted by Crippen LogP contribution is -2.36. The lowest BCUT2D eigenvalue weighted by Gasteiger charge is -2.10. The molecule has 3 amide bonds. The zero-order chi connectivity index (χ0) is 22.5. The molecular formula is C23H29N3O5. The smallest absolute Gasteiger partial charge is 0.251 e. The topological polar surface area (TPSA) is 106 Å². The molecule has 2 aromatic rings. The molecule has 0 aliphatic heterocycles. The van der Waals surface area contributed by atoms with Crippen LogP contribution in [0.2, 0.25) is 0 Å². The van der Waals surface area contributed by atoms with Gasteiger partial charge in [0, 0.05) is 24.9 Å². The Morgan fingerprint density at radius 2 is 1.74 bits per heavy atom. The van der Waals surface area contributed by atoms with Crippen LogP contribution >= 0.6 is 0 Å². The van der Waals surface area contributed by atoms with Crippen molar-refractivity contribution in [1.29, 1.82) is 0 Å². The van der Waals surface area contributed by atoms with Crippen LogP contribution in [0.15, 0.2) is 48.5 Å². The lowest BCUT2D eigenvalue weighted by atomic mass is 10.2. The maximum absolute atomic E-state index is 12.2. The molecule has 0 heterocycles. The molecule has 0 bridgehead atoms. The number of carbonyl (C=O) groups is 3. The molecule has 0 radical (unpaired) electrons. The Balaban J connectivity index is 1.75. The molecule has 0 saturated carbocycles. The van der Waals surface area contributed by atoms with Crippen molar-refractivity contribution in [2.24, 2.45) is 0 Å². The van der Waals surface area contributed by atoms with Crippen molar-refractivity contribution in [3.63, 3.8) is 0 Å². The average molecular weight is 428 g/mol. The number of amides is 3. The van der Waals surface area contributed by atoms with Crippen LogP contribution in [0.3, 0.4) is 0 Å². The van der Waals surface area contributed by atoms with Crippen LogP contribution in [0, 0.1) is 0 Å². The van der Waals surface area contributed by atoms with E-state index in [4.69, 9.17) is 9.47 Å². The van der Waals surface area contributed by atoms with E-state index in [1.807, 2.05) is 6.07 Å². The number of nitrogens with one attached hydrogen (secondary N) is 3. The van der Waals surface area contributed by atoms with Gasteiger partial charge < -0.3 is 25.4 Å². The molecule has 0 unspecified atom stereocenters. The van der Waals surface area contributed by atoms with Crippen LogP contribution in [0.4, 0.5) is 5.69 Å². The van der Waals surface area contributed by atoms with Crippen molar-refractivity contribution < 1.29 is 23.9 Å². The summed E-state index contributed by atoms with van der Waals surface area (Å²) in [4.78, 5) is 35.9. The van der Waals surface area contributed by atoms with Gasteiger partial charge in [0.25, 0.3) is 5.91 Å². The second kappa shape index (κ2) is 13.0. The Morgan fingerprint density at radius 3 is 2.45 bits per heavy atom. The normalized spacial score (nSPS) is 10.3. The maximum Gasteiger partial charge on any atom is 0.251 e. The van der Waals surface area contributed by atoms with Gasteiger partial charge in [-0.1, -0.05) is 25.5 Å². The van der Waals surface area contributed by atoms with Crippen LogP contribution in [-0.4, -0.2) is 44.6 Å². The fourth-order valence-corrected chi connectivity index (χ4v) is 2.65. The number of unbranched alkanes of at least 4 members (excludes halogenated alkanes) is 1. The minimum atomic E-state index is -0.335. The van der Waals surface area contributed by atoms with Gasteiger partial charge in [0.2, 0.25) is 11.8 Å². The van der Waals surface area contributed by atoms with Gasteiger partial charge >= 0.3 is 0 Å². The number of ether oxygens (including phenoxy) is 2. The number of anilines is 1. The summed E-state index contributed by atoms with van der Waals surface area (Å²) in [5.41, 5.74) is 1.88. The molecule has 0 saturated heterocycles. The van der Waals surface area contributed by atoms with E-state index in [1.165, 1.54) is 7.11 Å². The molecule has 0 atom stereocenters. The van der Waals surface area contributed by atoms with E-state index in [1.54, 1.807) is 42.5 Å². The predicted octanol–water partition coefficient (Wildman–Crippen LogP) is 2.50. The van der Waals surface area contributed by atoms with Gasteiger partial charge in [-0.2, -0.15) is 0 Å². The average Bonchev–Trinajstić information content (AvgIpc) is 2.77. The highest BCUT2D eigenvalue weighted by molar-refractivity contribution is 5.96. The van der Waals surface area contributed by atoms with E-state index < -0.39 is 0 Å². The Morgan fingerprint density at radius 1 is 0.968 bits per heavy atom. The summed E-state index contributed by atoms with van der Waals surface area (Å²) >= 11 is 0. The molecule has 8 heteroatoms. The van der Waals surface area contributed by atoms with Gasteiger partial charge in [0.1, 0.15) is 12.4 Å². The fraction of sp³-hybridized carbons (Fsp3) is 0.348. The van der Waals surface area contributed by atoms with Gasteiger partial charge in [-0.3, -0.25) is 14.4 Å². The van der Waals surface area contributed by atoms with Crippen molar-refractivity contribution in [2.75, 3.05) is 32.2 Å². The summed E-state index contributed by atoms with van der Waals surface area (Å²) in [5.74, 6) is -0.199. The third kappa shape index (κ3) is 8.88. The third-order valence-electron chi connectivity index (χ3n) is 4.27. The number of hydrogen-bond donors (Lipinski definition) is 3. The molecule has 31 heavy (non-hydrogen) atoms. The van der Waals surface area contributed by atoms with Crippen LogP contribution in [0.25, 0.3) is 0 Å². The molecular weight excluding hydrogens is 398 g/mol. The first-order valence-corrected chi connectivity index (χ1v) is 10.2. The summed E-state index contributed by atoms with van der Waals surface area (Å²) in [7, 11) is 1.45. The van der Waals surface area contributed by atoms with Gasteiger partial charge in [0.05, 0.1) is 13.2 Å². The summed E-state index contributed by atoms with van der Waals surface area (Å²) in [6.45, 7) is 2.83. The first-order chi connectivity index (χ1) is 15.0. The maximum atomic E-state index is 12.2. The van der Waals surface area contributed by atoms with Crippen LogP contribution in [0.5, 0.6) is 5.75 Å². The number of rotatable bonds is 12. The molecule has 2 aromatic carbocycles. The zero-order valence-corrected chi connectivity index (χ0v) is 17.9. The minimum Gasteiger partial charge on any atom is -0.494 e. The summed E-state index contributed by atoms with van der Waals surface area (Å²) < 4.78 is 10.3. The number of carbonyl (C=O) groups excluding carboxylic acids is 3. The van der Waals surface area contributed by atoms with E-state index in [0.29, 0.717) is 23.6 Å². The lowest BCUT2D eigenvalue weighted by molar-refractivity contribution is -0.120. The minimum absolute atomic E-state index is 0.0325. The highest BCUT2D eigenvalue weighted by Crippen LogP contribution is 2.13. The molecule has 0 aliphatic rings. The van der Waals surface area contributed by atoms with Crippen molar-refractivity contribution in [1.82, 2.24) is 10.6 Å². The highest BCUT2D eigenvalue weighted by atomic mass is 16.5. The SMILES string of the molecule is CCCCOc1ccc(C(=O)NCC(=O)NCc2cccc(NC(=O)COC)c2)cc1. The highest BCUT2D eigenvalue weighted by Gasteiger charge is 2.09. The van der Waals surface area contributed by atoms with Crippen molar-refractivity contribution >= 4 is 23.4 Å². The van der Waals surface area contributed by atoms with E-state index in [9.17, 15) is 14.4 Å². The van der Waals surface area contributed by atoms with E-state index in [0.717, 1.165) is 18.4 Å². The predicted molar refractivity (Wildman–Crippen MR) is 118 cm³/mol. The number of methoxy groups -OCH3 is 1. The van der Waals surface area contributed by atoms with Crippen LogP contribution in [0.1, 0.15) is 35.7 Å². The first-order valence-electron chi connectivity index (χ1n) is 10.2. The van der Waals surface area contributed by atoms with Crippen LogP contribution in [-0.2, 0) is 20.9 Å². The molecule has 0 fully saturated rings. The Bertz CT molecular complexity index is 868. The van der Waals surface area contributed by atoms with E-state index >= 15 is 0 Å². The Hall–Kier alpha value is -3.39. The number of hydrogen-bond acceptors (Lipinski definition) is 5. The molecule has 2 rings (SSSR count). The van der Waals surface area contributed by atoms with Gasteiger partial charge in [-0.15, -0.1) is 0 Å². The summed E-state index contributed by atoms with van der Waals surface area (Å²) in [6.07, 6.45) is 2.03. The van der Waals surface area contributed by atoms with Gasteiger partial charge in [-0.05, 0) is 48.4 Å². The third-order valence-corrected chi connectivity index (χ3v) is 4.27. The fourth-order valence-electron chi connectivity index (χ4n) is 2.65. The zero-order valence-electron chi connectivity index (χ0n) is 17.9. The molecule has 0 aromatic heterocycles. The standard InChI is InChI=1S/C23H29N3O5/c1-3-4-12-31-20-10-8-18(9-11-20)23(29)25-15-21(27)24-14-17-6-5-7-19(13-17)26-22(28)16-30-2/h5-11,13H,3-4,12,14-16H2,1-2H3,(H,24,27)(H,25,29)(H,26,28). The molecule has 0 spiro atoms. The van der Waals surface area contributed by atoms with Crippen LogP contribution < -0.4 is 20.7 Å². The van der Waals surface area contributed by atoms with Crippen molar-refractivity contribution in [3.8, 4) is 5.75 Å². The van der Waals surface area contributed by atoms with Crippen molar-refractivity contribution in [3.05, 3.63) is 59.7 Å². The monoisotopic (exact) mass is 427 g/mol. The van der Waals surface area contributed by atoms with E-state index in [-0.39, 0.29) is 37.4 Å². The number of benzene rings is 2. The molecule has 8 nitrogen and oxygen atoms in total. The molecule has 166 valence electrons. The quantitative estimate of drug-likeness (QED) is 0.451.